The number of aromatic nitrogens is 1. The molecular formula is C14H21N3O3. The lowest BCUT2D eigenvalue weighted by molar-refractivity contribution is -0.137. The summed E-state index contributed by atoms with van der Waals surface area (Å²) in [6, 6.07) is 3.26. The van der Waals surface area contributed by atoms with Crippen molar-refractivity contribution in [3.05, 3.63) is 23.5 Å². The van der Waals surface area contributed by atoms with Crippen molar-refractivity contribution in [1.82, 2.24) is 10.3 Å². The van der Waals surface area contributed by atoms with Crippen molar-refractivity contribution in [2.75, 3.05) is 5.32 Å². The number of carboxylic acids is 1. The first kappa shape index (κ1) is 15.9. The van der Waals surface area contributed by atoms with Crippen molar-refractivity contribution in [3.63, 3.8) is 0 Å². The third-order valence-corrected chi connectivity index (χ3v) is 2.88. The van der Waals surface area contributed by atoms with E-state index >= 15 is 0 Å². The Balaban J connectivity index is 2.41. The van der Waals surface area contributed by atoms with Crippen LogP contribution in [-0.2, 0) is 4.79 Å². The molecule has 1 aromatic heterocycles. The van der Waals surface area contributed by atoms with E-state index in [1.165, 1.54) is 0 Å². The van der Waals surface area contributed by atoms with Crippen LogP contribution in [0.25, 0.3) is 0 Å². The normalized spacial score (nSPS) is 11.8. The van der Waals surface area contributed by atoms with Crippen LogP contribution in [0.3, 0.4) is 0 Å². The Morgan fingerprint density at radius 3 is 2.65 bits per heavy atom. The number of hydrogen-bond acceptors (Lipinski definition) is 3. The Morgan fingerprint density at radius 1 is 1.35 bits per heavy atom. The molecule has 6 nitrogen and oxygen atoms in total. The van der Waals surface area contributed by atoms with Crippen LogP contribution in [0, 0.1) is 13.8 Å². The molecule has 1 heterocycles. The van der Waals surface area contributed by atoms with Crippen molar-refractivity contribution in [2.45, 2.75) is 46.1 Å². The standard InChI is InChI=1S/C14H21N3O3/c1-9(5-4-6-13(18)19)16-14(20)17-12-8-7-10(2)15-11(12)3/h7-9H,4-6H2,1-3H3,(H,18,19)(H2,16,17,20). The molecule has 0 fully saturated rings. The number of rotatable bonds is 6. The molecule has 1 rings (SSSR count). The number of urea groups is 1. The average molecular weight is 279 g/mol. The van der Waals surface area contributed by atoms with Gasteiger partial charge in [0.2, 0.25) is 0 Å². The number of nitrogens with one attached hydrogen (secondary N) is 2. The van der Waals surface area contributed by atoms with Gasteiger partial charge in [0.25, 0.3) is 0 Å². The predicted molar refractivity (Wildman–Crippen MR) is 76.8 cm³/mol. The molecule has 1 unspecified atom stereocenters. The van der Waals surface area contributed by atoms with Crippen LogP contribution in [0.2, 0.25) is 0 Å². The van der Waals surface area contributed by atoms with Crippen molar-refractivity contribution in [2.24, 2.45) is 0 Å². The van der Waals surface area contributed by atoms with Gasteiger partial charge < -0.3 is 15.7 Å². The van der Waals surface area contributed by atoms with Gasteiger partial charge in [0, 0.05) is 18.2 Å². The minimum Gasteiger partial charge on any atom is -0.481 e. The molecular weight excluding hydrogens is 258 g/mol. The smallest absolute Gasteiger partial charge is 0.319 e. The third-order valence-electron chi connectivity index (χ3n) is 2.88. The Hall–Kier alpha value is -2.11. The number of pyridine rings is 1. The quantitative estimate of drug-likeness (QED) is 0.746. The van der Waals surface area contributed by atoms with Gasteiger partial charge in [0.05, 0.1) is 11.4 Å². The van der Waals surface area contributed by atoms with Crippen molar-refractivity contribution in [1.29, 1.82) is 0 Å². The molecule has 0 aliphatic carbocycles. The highest BCUT2D eigenvalue weighted by atomic mass is 16.4. The number of hydrogen-bond donors (Lipinski definition) is 3. The van der Waals surface area contributed by atoms with Gasteiger partial charge in [-0.05, 0) is 45.7 Å². The maximum atomic E-state index is 11.8. The van der Waals surface area contributed by atoms with Gasteiger partial charge in [-0.3, -0.25) is 9.78 Å². The van der Waals surface area contributed by atoms with Crippen LogP contribution in [0.1, 0.15) is 37.6 Å². The van der Waals surface area contributed by atoms with Crippen LogP contribution >= 0.6 is 0 Å². The first-order valence-corrected chi connectivity index (χ1v) is 6.62. The van der Waals surface area contributed by atoms with E-state index in [0.29, 0.717) is 18.5 Å². The van der Waals surface area contributed by atoms with E-state index in [-0.39, 0.29) is 18.5 Å². The zero-order valence-corrected chi connectivity index (χ0v) is 12.1. The van der Waals surface area contributed by atoms with Crippen molar-refractivity contribution < 1.29 is 14.7 Å². The number of nitrogens with zero attached hydrogens (tertiary/aromatic N) is 1. The summed E-state index contributed by atoms with van der Waals surface area (Å²) < 4.78 is 0. The molecule has 1 aromatic rings. The van der Waals surface area contributed by atoms with Crippen molar-refractivity contribution in [3.8, 4) is 0 Å². The second kappa shape index (κ2) is 7.47. The minimum atomic E-state index is -0.817. The molecule has 20 heavy (non-hydrogen) atoms. The number of carbonyl (C=O) groups excluding carboxylic acids is 1. The largest absolute Gasteiger partial charge is 0.481 e. The fourth-order valence-electron chi connectivity index (χ4n) is 1.83. The summed E-state index contributed by atoms with van der Waals surface area (Å²) in [5, 5.41) is 14.1. The fraction of sp³-hybridized carbons (Fsp3) is 0.500. The summed E-state index contributed by atoms with van der Waals surface area (Å²) in [6.07, 6.45) is 1.29. The van der Waals surface area contributed by atoms with Crippen molar-refractivity contribution >= 4 is 17.7 Å². The Kier molecular flexibility index (Phi) is 5.96. The molecule has 0 bridgehead atoms. The van der Waals surface area contributed by atoms with E-state index in [1.807, 2.05) is 32.9 Å². The number of aryl methyl sites for hydroxylation is 2. The second-order valence-electron chi connectivity index (χ2n) is 4.87. The van der Waals surface area contributed by atoms with Gasteiger partial charge in [0.15, 0.2) is 0 Å². The summed E-state index contributed by atoms with van der Waals surface area (Å²) in [6.45, 7) is 5.57. The zero-order valence-electron chi connectivity index (χ0n) is 12.1. The molecule has 0 spiro atoms. The van der Waals surface area contributed by atoms with Crippen LogP contribution in [0.15, 0.2) is 12.1 Å². The summed E-state index contributed by atoms with van der Waals surface area (Å²) in [4.78, 5) is 26.5. The Bertz CT molecular complexity index is 489. The Labute approximate surface area is 118 Å². The molecule has 0 radical (unpaired) electrons. The SMILES string of the molecule is Cc1ccc(NC(=O)NC(C)CCCC(=O)O)c(C)n1. The number of amides is 2. The molecule has 6 heteroatoms. The summed E-state index contributed by atoms with van der Waals surface area (Å²) in [5.74, 6) is -0.817. The minimum absolute atomic E-state index is 0.0759. The topological polar surface area (TPSA) is 91.3 Å². The lowest BCUT2D eigenvalue weighted by Crippen LogP contribution is -2.36. The highest BCUT2D eigenvalue weighted by Crippen LogP contribution is 2.12. The van der Waals surface area contributed by atoms with E-state index in [1.54, 1.807) is 0 Å². The summed E-state index contributed by atoms with van der Waals surface area (Å²) in [7, 11) is 0. The number of aliphatic carboxylic acids is 1. The van der Waals surface area contributed by atoms with Gasteiger partial charge in [-0.2, -0.15) is 0 Å². The first-order valence-electron chi connectivity index (χ1n) is 6.62. The molecule has 110 valence electrons. The molecule has 0 saturated carbocycles. The van der Waals surface area contributed by atoms with Gasteiger partial charge in [0.1, 0.15) is 0 Å². The fourth-order valence-corrected chi connectivity index (χ4v) is 1.83. The molecule has 0 aliphatic rings. The van der Waals surface area contributed by atoms with E-state index < -0.39 is 5.97 Å². The number of anilines is 1. The molecule has 1 atom stereocenters. The van der Waals surface area contributed by atoms with E-state index in [2.05, 4.69) is 15.6 Å². The summed E-state index contributed by atoms with van der Waals surface area (Å²) >= 11 is 0. The summed E-state index contributed by atoms with van der Waals surface area (Å²) in [5.41, 5.74) is 2.33. The number of carbonyl (C=O) groups is 2. The van der Waals surface area contributed by atoms with Crippen LogP contribution in [0.5, 0.6) is 0 Å². The van der Waals surface area contributed by atoms with E-state index in [4.69, 9.17) is 5.11 Å². The number of carboxylic acid groups (broad SMARTS) is 1. The van der Waals surface area contributed by atoms with Crippen LogP contribution < -0.4 is 10.6 Å². The Morgan fingerprint density at radius 2 is 2.05 bits per heavy atom. The lowest BCUT2D eigenvalue weighted by atomic mass is 10.1. The van der Waals surface area contributed by atoms with Gasteiger partial charge in [-0.15, -0.1) is 0 Å². The second-order valence-corrected chi connectivity index (χ2v) is 4.87. The van der Waals surface area contributed by atoms with Gasteiger partial charge in [-0.1, -0.05) is 0 Å². The van der Waals surface area contributed by atoms with Gasteiger partial charge >= 0.3 is 12.0 Å². The van der Waals surface area contributed by atoms with Gasteiger partial charge in [-0.25, -0.2) is 4.79 Å². The van der Waals surface area contributed by atoms with E-state index in [9.17, 15) is 9.59 Å². The molecule has 0 saturated heterocycles. The average Bonchev–Trinajstić information content (AvgIpc) is 2.32. The monoisotopic (exact) mass is 279 g/mol. The third kappa shape index (κ3) is 5.69. The molecule has 3 N–H and O–H groups in total. The molecule has 0 aromatic carbocycles. The highest BCUT2D eigenvalue weighted by Gasteiger charge is 2.09. The maximum absolute atomic E-state index is 11.8. The van der Waals surface area contributed by atoms with Crippen LogP contribution in [-0.4, -0.2) is 28.1 Å². The molecule has 0 aliphatic heterocycles. The first-order chi connectivity index (χ1) is 9.38. The lowest BCUT2D eigenvalue weighted by Gasteiger charge is -2.15. The molecule has 2 amide bonds. The van der Waals surface area contributed by atoms with Crippen LogP contribution in [0.4, 0.5) is 10.5 Å². The van der Waals surface area contributed by atoms with E-state index in [0.717, 1.165) is 11.4 Å². The predicted octanol–water partition coefficient (Wildman–Crippen LogP) is 2.46. The zero-order chi connectivity index (χ0) is 15.1. The maximum Gasteiger partial charge on any atom is 0.319 e. The highest BCUT2D eigenvalue weighted by molar-refractivity contribution is 5.89.